The molecule has 1 aliphatic heterocycles. The summed E-state index contributed by atoms with van der Waals surface area (Å²) in [5.74, 6) is -1.60. The number of Topliss-reactive ketones (excluding diaryl/α,β-unsaturated/α-hetero) is 1. The van der Waals surface area contributed by atoms with Gasteiger partial charge >= 0.3 is 11.9 Å². The van der Waals surface area contributed by atoms with E-state index in [0.717, 1.165) is 13.0 Å². The van der Waals surface area contributed by atoms with Gasteiger partial charge in [0.1, 0.15) is 6.04 Å². The molecule has 0 amide bonds. The van der Waals surface area contributed by atoms with Crippen molar-refractivity contribution < 1.29 is 19.1 Å². The number of ketones is 1. The second kappa shape index (κ2) is 7.85. The molecule has 22 heavy (non-hydrogen) atoms. The predicted octanol–water partition coefficient (Wildman–Crippen LogP) is 2.50. The lowest BCUT2D eigenvalue weighted by Crippen LogP contribution is -2.34. The number of hydrogen-bond donors (Lipinski definition) is 1. The third-order valence-corrected chi connectivity index (χ3v) is 4.27. The Kier molecular flexibility index (Phi) is 6.11. The van der Waals surface area contributed by atoms with Crippen LogP contribution < -0.4 is 5.32 Å². The van der Waals surface area contributed by atoms with E-state index in [1.807, 2.05) is 0 Å². The molecule has 0 saturated carbocycles. The average molecular weight is 389 g/mol. The molecule has 0 radical (unpaired) electrons. The molecular weight excluding hydrogens is 374 g/mol. The first kappa shape index (κ1) is 17.1. The summed E-state index contributed by atoms with van der Waals surface area (Å²) in [5.41, 5.74) is 0.394. The van der Waals surface area contributed by atoms with E-state index in [2.05, 4.69) is 21.2 Å². The second-order valence-electron chi connectivity index (χ2n) is 4.99. The number of carbonyl (C=O) groups excluding carboxylic acids is 3. The molecule has 1 aromatic carbocycles. The van der Waals surface area contributed by atoms with Crippen molar-refractivity contribution in [2.45, 2.75) is 30.1 Å². The third-order valence-electron chi connectivity index (χ3n) is 3.30. The topological polar surface area (TPSA) is 72.5 Å². The summed E-state index contributed by atoms with van der Waals surface area (Å²) in [4.78, 5) is 34.8. The van der Waals surface area contributed by atoms with Crippen LogP contribution in [-0.2, 0) is 14.3 Å². The highest BCUT2D eigenvalue weighted by Crippen LogP contribution is 2.18. The quantitative estimate of drug-likeness (QED) is 0.363. The number of carbonyl (C=O) groups is 3. The molecule has 7 heteroatoms. The van der Waals surface area contributed by atoms with Crippen molar-refractivity contribution in [1.29, 1.82) is 0 Å². The van der Waals surface area contributed by atoms with E-state index in [9.17, 15) is 14.4 Å². The van der Waals surface area contributed by atoms with Crippen LogP contribution in [0.4, 0.5) is 0 Å². The van der Waals surface area contributed by atoms with Crippen LogP contribution in [-0.4, -0.2) is 35.1 Å². The molecule has 2 rings (SSSR count). The number of alkyl halides is 1. The van der Waals surface area contributed by atoms with Crippen molar-refractivity contribution in [1.82, 2.24) is 5.32 Å². The van der Waals surface area contributed by atoms with Crippen LogP contribution in [0.25, 0.3) is 0 Å². The van der Waals surface area contributed by atoms with E-state index >= 15 is 0 Å². The molecule has 1 fully saturated rings. The van der Waals surface area contributed by atoms with Gasteiger partial charge in [0.05, 0.1) is 11.2 Å². The van der Waals surface area contributed by atoms with Crippen LogP contribution in [0.5, 0.6) is 0 Å². The minimum absolute atomic E-state index is 0.218. The van der Waals surface area contributed by atoms with Crippen molar-refractivity contribution in [2.24, 2.45) is 0 Å². The Labute approximate surface area is 141 Å². The SMILES string of the molecule is O=C(CC(Br)C(=O)c1cccc(Cl)c1)OC(=O)[C@@H]1CCCN1. The number of hydrogen-bond acceptors (Lipinski definition) is 5. The molecule has 2 atom stereocenters. The van der Waals surface area contributed by atoms with Crippen molar-refractivity contribution in [3.63, 3.8) is 0 Å². The first-order chi connectivity index (χ1) is 10.5. The summed E-state index contributed by atoms with van der Waals surface area (Å²) in [7, 11) is 0. The minimum Gasteiger partial charge on any atom is -0.392 e. The zero-order valence-electron chi connectivity index (χ0n) is 11.7. The molecule has 1 aromatic rings. The average Bonchev–Trinajstić information content (AvgIpc) is 3.00. The number of rotatable bonds is 5. The fraction of sp³-hybridized carbons (Fsp3) is 0.400. The van der Waals surface area contributed by atoms with Crippen LogP contribution in [0.3, 0.4) is 0 Å². The van der Waals surface area contributed by atoms with E-state index in [1.54, 1.807) is 18.2 Å². The highest BCUT2D eigenvalue weighted by Gasteiger charge is 2.28. The minimum atomic E-state index is -0.761. The summed E-state index contributed by atoms with van der Waals surface area (Å²) in [6.07, 6.45) is 1.32. The highest BCUT2D eigenvalue weighted by molar-refractivity contribution is 9.10. The van der Waals surface area contributed by atoms with Gasteiger partial charge in [0, 0.05) is 10.6 Å². The monoisotopic (exact) mass is 387 g/mol. The van der Waals surface area contributed by atoms with Gasteiger partial charge in [-0.3, -0.25) is 9.59 Å². The normalized spacial score (nSPS) is 18.7. The molecule has 0 aliphatic carbocycles. The van der Waals surface area contributed by atoms with Gasteiger partial charge in [-0.2, -0.15) is 0 Å². The van der Waals surface area contributed by atoms with Crippen molar-refractivity contribution >= 4 is 45.3 Å². The molecule has 1 heterocycles. The van der Waals surface area contributed by atoms with Gasteiger partial charge in [-0.25, -0.2) is 4.79 Å². The summed E-state index contributed by atoms with van der Waals surface area (Å²) in [5, 5.41) is 3.39. The predicted molar refractivity (Wildman–Crippen MR) is 85.2 cm³/mol. The van der Waals surface area contributed by atoms with Gasteiger partial charge in [0.15, 0.2) is 5.78 Å². The molecule has 1 unspecified atom stereocenters. The smallest absolute Gasteiger partial charge is 0.330 e. The third kappa shape index (κ3) is 4.63. The van der Waals surface area contributed by atoms with E-state index in [1.165, 1.54) is 6.07 Å². The molecule has 0 spiro atoms. The van der Waals surface area contributed by atoms with Gasteiger partial charge < -0.3 is 10.1 Å². The van der Waals surface area contributed by atoms with Gasteiger partial charge in [-0.05, 0) is 31.5 Å². The van der Waals surface area contributed by atoms with Crippen LogP contribution in [0.2, 0.25) is 5.02 Å². The lowest BCUT2D eigenvalue weighted by molar-refractivity contribution is -0.160. The molecule has 1 saturated heterocycles. The maximum Gasteiger partial charge on any atom is 0.330 e. The number of ether oxygens (including phenoxy) is 1. The first-order valence-corrected chi connectivity index (χ1v) is 8.18. The Balaban J connectivity index is 1.87. The van der Waals surface area contributed by atoms with Crippen molar-refractivity contribution in [3.05, 3.63) is 34.9 Å². The summed E-state index contributed by atoms with van der Waals surface area (Å²) >= 11 is 8.99. The molecule has 0 bridgehead atoms. The summed E-state index contributed by atoms with van der Waals surface area (Å²) in [6, 6.07) is 6.02. The Morgan fingerprint density at radius 3 is 2.82 bits per heavy atom. The zero-order chi connectivity index (χ0) is 16.1. The van der Waals surface area contributed by atoms with E-state index in [-0.39, 0.29) is 12.2 Å². The number of benzene rings is 1. The van der Waals surface area contributed by atoms with Gasteiger partial charge in [0.2, 0.25) is 0 Å². The van der Waals surface area contributed by atoms with Gasteiger partial charge in [0.25, 0.3) is 0 Å². The van der Waals surface area contributed by atoms with Crippen LogP contribution in [0.1, 0.15) is 29.6 Å². The lowest BCUT2D eigenvalue weighted by atomic mass is 10.1. The van der Waals surface area contributed by atoms with E-state index < -0.39 is 22.8 Å². The summed E-state index contributed by atoms with van der Waals surface area (Å²) < 4.78 is 4.77. The number of nitrogens with one attached hydrogen (secondary N) is 1. The van der Waals surface area contributed by atoms with Gasteiger partial charge in [-0.15, -0.1) is 0 Å². The van der Waals surface area contributed by atoms with E-state index in [0.29, 0.717) is 17.0 Å². The number of halogens is 2. The van der Waals surface area contributed by atoms with Crippen molar-refractivity contribution in [3.8, 4) is 0 Å². The second-order valence-corrected chi connectivity index (χ2v) is 6.53. The molecule has 5 nitrogen and oxygen atoms in total. The Hall–Kier alpha value is -1.24. The molecule has 1 aliphatic rings. The largest absolute Gasteiger partial charge is 0.392 e. The standard InChI is InChI=1S/C15H15BrClNO4/c16-11(14(20)9-3-1-4-10(17)7-9)8-13(19)22-15(21)12-5-2-6-18-12/h1,3-4,7,11-12,18H,2,5-6,8H2/t11?,12-/m0/s1. The molecule has 118 valence electrons. The summed E-state index contributed by atoms with van der Waals surface area (Å²) in [6.45, 7) is 0.738. The maximum absolute atomic E-state index is 12.2. The van der Waals surface area contributed by atoms with Crippen molar-refractivity contribution in [2.75, 3.05) is 6.54 Å². The van der Waals surface area contributed by atoms with E-state index in [4.69, 9.17) is 16.3 Å². The Morgan fingerprint density at radius 1 is 1.41 bits per heavy atom. The zero-order valence-corrected chi connectivity index (χ0v) is 14.0. The fourth-order valence-electron chi connectivity index (χ4n) is 2.17. The molecular formula is C15H15BrClNO4. The fourth-order valence-corrected chi connectivity index (χ4v) is 2.89. The Morgan fingerprint density at radius 2 is 2.18 bits per heavy atom. The molecule has 1 N–H and O–H groups in total. The maximum atomic E-state index is 12.2. The first-order valence-electron chi connectivity index (χ1n) is 6.89. The van der Waals surface area contributed by atoms with Gasteiger partial charge in [-0.1, -0.05) is 39.7 Å². The lowest BCUT2D eigenvalue weighted by Gasteiger charge is -2.11. The van der Waals surface area contributed by atoms with Crippen LogP contribution in [0.15, 0.2) is 24.3 Å². The van der Waals surface area contributed by atoms with Crippen LogP contribution in [0, 0.1) is 0 Å². The number of esters is 2. The molecule has 0 aromatic heterocycles. The highest BCUT2D eigenvalue weighted by atomic mass is 79.9. The Bertz CT molecular complexity index is 587. The van der Waals surface area contributed by atoms with Crippen LogP contribution >= 0.6 is 27.5 Å².